The van der Waals surface area contributed by atoms with E-state index in [1.807, 2.05) is 57.2 Å². The minimum Gasteiger partial charge on any atom is -0.395 e. The van der Waals surface area contributed by atoms with Crippen LogP contribution in [0.5, 0.6) is 0 Å². The summed E-state index contributed by atoms with van der Waals surface area (Å²) in [5, 5.41) is 14.0. The van der Waals surface area contributed by atoms with Crippen molar-refractivity contribution in [1.29, 1.82) is 0 Å². The summed E-state index contributed by atoms with van der Waals surface area (Å²) in [5.74, 6) is -0.493. The summed E-state index contributed by atoms with van der Waals surface area (Å²) < 4.78 is 0. The Hall–Kier alpha value is -2.40. The number of amides is 2. The van der Waals surface area contributed by atoms with Gasteiger partial charge in [0.2, 0.25) is 5.91 Å². The molecule has 5 nitrogen and oxygen atoms in total. The van der Waals surface area contributed by atoms with Crippen molar-refractivity contribution in [3.05, 3.63) is 42.0 Å². The quantitative estimate of drug-likeness (QED) is 0.811. The summed E-state index contributed by atoms with van der Waals surface area (Å²) in [6, 6.07) is 11.4. The second-order valence-corrected chi connectivity index (χ2v) is 6.40. The third kappa shape index (κ3) is 4.57. The molecule has 0 fully saturated rings. The zero-order valence-corrected chi connectivity index (χ0v) is 15.1. The van der Waals surface area contributed by atoms with E-state index in [1.165, 1.54) is 0 Å². The third-order valence-electron chi connectivity index (χ3n) is 4.05. The number of fused-ring (bicyclic) bond motifs is 1. The lowest BCUT2D eigenvalue weighted by atomic mass is 10.0. The highest BCUT2D eigenvalue weighted by atomic mass is 16.3. The maximum Gasteiger partial charge on any atom is 0.256 e. The van der Waals surface area contributed by atoms with E-state index >= 15 is 0 Å². The number of nitrogens with zero attached hydrogens (tertiary/aromatic N) is 1. The molecular weight excluding hydrogens is 316 g/mol. The van der Waals surface area contributed by atoms with Crippen LogP contribution in [-0.2, 0) is 4.79 Å². The van der Waals surface area contributed by atoms with Gasteiger partial charge in [-0.25, -0.2) is 0 Å². The van der Waals surface area contributed by atoms with Crippen molar-refractivity contribution in [2.45, 2.75) is 27.2 Å². The molecule has 0 saturated carbocycles. The van der Waals surface area contributed by atoms with Crippen LogP contribution in [0.1, 0.15) is 37.6 Å². The van der Waals surface area contributed by atoms with Crippen LogP contribution in [0.2, 0.25) is 0 Å². The molecule has 0 bridgehead atoms. The molecule has 0 aromatic heterocycles. The van der Waals surface area contributed by atoms with Crippen LogP contribution in [-0.4, -0.2) is 41.5 Å². The molecule has 0 aliphatic carbocycles. The number of hydrogen-bond donors (Lipinski definition) is 2. The molecule has 5 heteroatoms. The summed E-state index contributed by atoms with van der Waals surface area (Å²) >= 11 is 0. The van der Waals surface area contributed by atoms with Crippen LogP contribution >= 0.6 is 0 Å². The highest BCUT2D eigenvalue weighted by Gasteiger charge is 2.20. The maximum atomic E-state index is 13.0. The highest BCUT2D eigenvalue weighted by Crippen LogP contribution is 2.26. The number of anilines is 1. The van der Waals surface area contributed by atoms with Crippen molar-refractivity contribution >= 4 is 28.3 Å². The van der Waals surface area contributed by atoms with Gasteiger partial charge in [-0.1, -0.05) is 45.0 Å². The van der Waals surface area contributed by atoms with Crippen molar-refractivity contribution in [2.75, 3.05) is 25.0 Å². The summed E-state index contributed by atoms with van der Waals surface area (Å²) in [6.45, 7) is 6.35. The lowest BCUT2D eigenvalue weighted by molar-refractivity contribution is -0.118. The molecule has 0 saturated heterocycles. The second-order valence-electron chi connectivity index (χ2n) is 6.40. The van der Waals surface area contributed by atoms with E-state index in [4.69, 9.17) is 0 Å². The minimum absolute atomic E-state index is 0.0903. The van der Waals surface area contributed by atoms with Crippen LogP contribution in [0.4, 0.5) is 5.69 Å². The topological polar surface area (TPSA) is 69.6 Å². The number of nitrogens with one attached hydrogen (secondary N) is 1. The zero-order valence-electron chi connectivity index (χ0n) is 15.1. The van der Waals surface area contributed by atoms with E-state index in [0.29, 0.717) is 17.8 Å². The van der Waals surface area contributed by atoms with Crippen LogP contribution in [0, 0.1) is 5.92 Å². The number of aliphatic hydroxyl groups excluding tert-OH is 1. The molecule has 0 radical (unpaired) electrons. The Bertz CT molecular complexity index is 750. The van der Waals surface area contributed by atoms with E-state index in [-0.39, 0.29) is 30.9 Å². The van der Waals surface area contributed by atoms with E-state index in [9.17, 15) is 14.7 Å². The first-order valence-corrected chi connectivity index (χ1v) is 8.71. The molecule has 2 aromatic carbocycles. The van der Waals surface area contributed by atoms with Gasteiger partial charge in [-0.2, -0.15) is 0 Å². The first kappa shape index (κ1) is 18.9. The molecule has 0 heterocycles. The predicted molar refractivity (Wildman–Crippen MR) is 101 cm³/mol. The lowest BCUT2D eigenvalue weighted by Gasteiger charge is -2.23. The molecule has 0 aliphatic heterocycles. The lowest BCUT2D eigenvalue weighted by Crippen LogP contribution is -2.35. The van der Waals surface area contributed by atoms with Crippen LogP contribution in [0.15, 0.2) is 36.4 Å². The van der Waals surface area contributed by atoms with Gasteiger partial charge in [0.25, 0.3) is 5.91 Å². The summed E-state index contributed by atoms with van der Waals surface area (Å²) in [7, 11) is 0. The van der Waals surface area contributed by atoms with Crippen molar-refractivity contribution in [1.82, 2.24) is 4.90 Å². The van der Waals surface area contributed by atoms with Gasteiger partial charge in [0.1, 0.15) is 0 Å². The highest BCUT2D eigenvalue weighted by molar-refractivity contribution is 6.08. The van der Waals surface area contributed by atoms with Crippen molar-refractivity contribution < 1.29 is 14.7 Å². The first-order chi connectivity index (χ1) is 12.0. The van der Waals surface area contributed by atoms with Crippen LogP contribution < -0.4 is 5.32 Å². The second kappa shape index (κ2) is 8.62. The Morgan fingerprint density at radius 3 is 2.32 bits per heavy atom. The van der Waals surface area contributed by atoms with Gasteiger partial charge in [-0.3, -0.25) is 9.59 Å². The monoisotopic (exact) mass is 342 g/mol. The van der Waals surface area contributed by atoms with Crippen molar-refractivity contribution in [2.24, 2.45) is 5.92 Å². The fourth-order valence-corrected chi connectivity index (χ4v) is 2.67. The van der Waals surface area contributed by atoms with E-state index in [0.717, 1.165) is 17.2 Å². The van der Waals surface area contributed by atoms with Gasteiger partial charge in [-0.05, 0) is 29.3 Å². The Kier molecular flexibility index (Phi) is 6.53. The number of carbonyl (C=O) groups excluding carboxylic acids is 2. The number of carbonyl (C=O) groups is 2. The molecule has 2 rings (SSSR count). The van der Waals surface area contributed by atoms with Crippen LogP contribution in [0.3, 0.4) is 0 Å². The largest absolute Gasteiger partial charge is 0.395 e. The van der Waals surface area contributed by atoms with Gasteiger partial charge in [0, 0.05) is 19.0 Å². The predicted octanol–water partition coefficient (Wildman–Crippen LogP) is 3.28. The van der Waals surface area contributed by atoms with Gasteiger partial charge < -0.3 is 15.3 Å². The van der Waals surface area contributed by atoms with Crippen molar-refractivity contribution in [3.8, 4) is 0 Å². The molecule has 2 aromatic rings. The normalized spacial score (nSPS) is 10.9. The fourth-order valence-electron chi connectivity index (χ4n) is 2.67. The molecular formula is C20H26N2O3. The van der Waals surface area contributed by atoms with Gasteiger partial charge in [0.15, 0.2) is 0 Å². The summed E-state index contributed by atoms with van der Waals surface area (Å²) in [4.78, 5) is 26.8. The molecule has 0 unspecified atom stereocenters. The average molecular weight is 342 g/mol. The molecule has 0 spiro atoms. The van der Waals surface area contributed by atoms with E-state index in [1.54, 1.807) is 4.90 Å². The number of rotatable bonds is 7. The Morgan fingerprint density at radius 1 is 1.12 bits per heavy atom. The Balaban J connectivity index is 2.50. The standard InChI is InChI=1S/C20H26N2O3/c1-4-9-22(10-11-23)20(25)17-12-15-7-5-6-8-16(15)13-18(17)21-19(24)14(2)3/h5-8,12-14,23H,4,9-11H2,1-3H3,(H,21,24). The maximum absolute atomic E-state index is 13.0. The summed E-state index contributed by atoms with van der Waals surface area (Å²) in [5.41, 5.74) is 0.969. The average Bonchev–Trinajstić information content (AvgIpc) is 2.60. The molecule has 134 valence electrons. The molecule has 2 amide bonds. The molecule has 25 heavy (non-hydrogen) atoms. The molecule has 2 N–H and O–H groups in total. The van der Waals surface area contributed by atoms with E-state index < -0.39 is 0 Å². The summed E-state index contributed by atoms with van der Waals surface area (Å²) in [6.07, 6.45) is 0.799. The minimum atomic E-state index is -0.182. The number of benzene rings is 2. The third-order valence-corrected chi connectivity index (χ3v) is 4.05. The number of hydrogen-bond acceptors (Lipinski definition) is 3. The Morgan fingerprint density at radius 2 is 1.76 bits per heavy atom. The Labute approximate surface area is 148 Å². The van der Waals surface area contributed by atoms with Gasteiger partial charge in [-0.15, -0.1) is 0 Å². The van der Waals surface area contributed by atoms with E-state index in [2.05, 4.69) is 5.32 Å². The van der Waals surface area contributed by atoms with Gasteiger partial charge >= 0.3 is 0 Å². The van der Waals surface area contributed by atoms with Crippen LogP contribution in [0.25, 0.3) is 10.8 Å². The van der Waals surface area contributed by atoms with Gasteiger partial charge in [0.05, 0.1) is 17.9 Å². The first-order valence-electron chi connectivity index (χ1n) is 8.71. The SMILES string of the molecule is CCCN(CCO)C(=O)c1cc2ccccc2cc1NC(=O)C(C)C. The number of aliphatic hydroxyl groups is 1. The molecule has 0 atom stereocenters. The van der Waals surface area contributed by atoms with Crippen molar-refractivity contribution in [3.63, 3.8) is 0 Å². The zero-order chi connectivity index (χ0) is 18.4. The smallest absolute Gasteiger partial charge is 0.256 e. The fraction of sp³-hybridized carbons (Fsp3) is 0.400. The molecule has 0 aliphatic rings.